The lowest BCUT2D eigenvalue weighted by molar-refractivity contribution is -0.120. The molecule has 0 N–H and O–H groups in total. The molecule has 0 aromatic heterocycles. The third-order valence-electron chi connectivity index (χ3n) is 3.19. The Morgan fingerprint density at radius 2 is 1.64 bits per heavy atom. The largest absolute Gasteiger partial charge is 0.369 e. The van der Waals surface area contributed by atoms with Crippen molar-refractivity contribution in [1.82, 2.24) is 0 Å². The summed E-state index contributed by atoms with van der Waals surface area (Å²) < 4.78 is 35.2. The fraction of sp³-hybridized carbons (Fsp3) is 0.526. The normalized spacial score (nSPS) is 12.5. The molecule has 25 heavy (non-hydrogen) atoms. The lowest BCUT2D eigenvalue weighted by atomic mass is 10.2. The van der Waals surface area contributed by atoms with Gasteiger partial charge in [-0.3, -0.25) is 4.57 Å². The number of rotatable bonds is 11. The van der Waals surface area contributed by atoms with E-state index in [1.54, 1.807) is 13.8 Å². The molecule has 6 heteroatoms. The number of benzene rings is 1. The van der Waals surface area contributed by atoms with Crippen molar-refractivity contribution < 1.29 is 23.1 Å². The smallest absolute Gasteiger partial charge is 0.353 e. The van der Waals surface area contributed by atoms with Gasteiger partial charge in [-0.2, -0.15) is 0 Å². The molecule has 0 saturated carbocycles. The van der Waals surface area contributed by atoms with Crippen LogP contribution in [-0.2, 0) is 23.1 Å². The minimum atomic E-state index is -3.47. The summed E-state index contributed by atoms with van der Waals surface area (Å²) in [5.74, 6) is 0. The van der Waals surface area contributed by atoms with E-state index in [2.05, 4.69) is 5.73 Å². The van der Waals surface area contributed by atoms with Crippen molar-refractivity contribution in [3.63, 3.8) is 0 Å². The van der Waals surface area contributed by atoms with E-state index < -0.39 is 7.60 Å². The average Bonchev–Trinajstić information content (AvgIpc) is 2.59. The van der Waals surface area contributed by atoms with Crippen LogP contribution in [0.1, 0.15) is 40.2 Å². The first-order valence-corrected chi connectivity index (χ1v) is 10.2. The van der Waals surface area contributed by atoms with E-state index in [-0.39, 0.29) is 19.5 Å². The Labute approximate surface area is 151 Å². The predicted octanol–water partition coefficient (Wildman–Crippen LogP) is 5.24. The molecule has 1 atom stereocenters. The highest BCUT2D eigenvalue weighted by atomic mass is 31.2. The molecule has 0 aliphatic heterocycles. The van der Waals surface area contributed by atoms with Gasteiger partial charge < -0.3 is 18.5 Å². The highest BCUT2D eigenvalue weighted by molar-refractivity contribution is 7.65. The molecule has 1 aromatic rings. The van der Waals surface area contributed by atoms with Gasteiger partial charge in [-0.25, -0.2) is 0 Å². The molecular formula is C19H29O5P. The van der Waals surface area contributed by atoms with Gasteiger partial charge in [0.2, 0.25) is 0 Å². The summed E-state index contributed by atoms with van der Waals surface area (Å²) >= 11 is 0. The molecule has 0 heterocycles. The van der Waals surface area contributed by atoms with Crippen LogP contribution in [0.25, 0.3) is 5.31 Å². The molecule has 0 saturated heterocycles. The highest BCUT2D eigenvalue weighted by Crippen LogP contribution is 2.60. The van der Waals surface area contributed by atoms with Crippen molar-refractivity contribution in [2.24, 2.45) is 0 Å². The Morgan fingerprint density at radius 3 is 2.16 bits per heavy atom. The first kappa shape index (κ1) is 21.9. The fourth-order valence-electron chi connectivity index (χ4n) is 2.16. The van der Waals surface area contributed by atoms with Crippen LogP contribution in [0.3, 0.4) is 0 Å². The second kappa shape index (κ2) is 11.4. The number of hydrogen-bond donors (Lipinski definition) is 0. The maximum absolute atomic E-state index is 13.3. The van der Waals surface area contributed by atoms with Gasteiger partial charge in [-0.05, 0) is 45.8 Å². The minimum Gasteiger partial charge on any atom is -0.353 e. The van der Waals surface area contributed by atoms with E-state index in [4.69, 9.17) is 18.5 Å². The summed E-state index contributed by atoms with van der Waals surface area (Å²) in [6, 6.07) is 9.38. The van der Waals surface area contributed by atoms with E-state index in [0.717, 1.165) is 11.1 Å². The molecule has 5 nitrogen and oxygen atoms in total. The van der Waals surface area contributed by atoms with E-state index in [1.807, 2.05) is 51.1 Å². The Balaban J connectivity index is 3.26. The van der Waals surface area contributed by atoms with Gasteiger partial charge >= 0.3 is 7.60 Å². The summed E-state index contributed by atoms with van der Waals surface area (Å²) in [7, 11) is -3.47. The van der Waals surface area contributed by atoms with Gasteiger partial charge in [-0.1, -0.05) is 30.3 Å². The maximum atomic E-state index is 13.3. The van der Waals surface area contributed by atoms with Crippen molar-refractivity contribution in [3.8, 4) is 0 Å². The average molecular weight is 368 g/mol. The third-order valence-corrected chi connectivity index (χ3v) is 5.30. The second-order valence-corrected chi connectivity index (χ2v) is 7.25. The van der Waals surface area contributed by atoms with Crippen LogP contribution in [0.4, 0.5) is 0 Å². The van der Waals surface area contributed by atoms with Gasteiger partial charge in [-0.15, -0.1) is 5.73 Å². The van der Waals surface area contributed by atoms with Gasteiger partial charge in [0.05, 0.1) is 19.8 Å². The quantitative estimate of drug-likeness (QED) is 0.304. The monoisotopic (exact) mass is 368 g/mol. The zero-order valence-electron chi connectivity index (χ0n) is 15.8. The molecule has 0 amide bonds. The van der Waals surface area contributed by atoms with Crippen molar-refractivity contribution in [2.45, 2.75) is 40.9 Å². The molecule has 0 fully saturated rings. The molecule has 1 unspecified atom stereocenters. The second-order valence-electron chi connectivity index (χ2n) is 5.29. The minimum absolute atomic E-state index is 0.284. The molecule has 0 aliphatic rings. The van der Waals surface area contributed by atoms with Gasteiger partial charge in [0, 0.05) is 6.61 Å². The molecule has 0 radical (unpaired) electrons. The highest BCUT2D eigenvalue weighted by Gasteiger charge is 2.31. The molecule has 0 spiro atoms. The van der Waals surface area contributed by atoms with Crippen LogP contribution in [0, 0.1) is 0 Å². The van der Waals surface area contributed by atoms with Crippen LogP contribution < -0.4 is 0 Å². The van der Waals surface area contributed by atoms with Crippen LogP contribution in [0.2, 0.25) is 0 Å². The lowest BCUT2D eigenvalue weighted by Crippen LogP contribution is -2.13. The summed E-state index contributed by atoms with van der Waals surface area (Å²) in [4.78, 5) is 0. The molecule has 1 aromatic carbocycles. The van der Waals surface area contributed by atoms with E-state index in [1.165, 1.54) is 0 Å². The Bertz CT molecular complexity index is 610. The van der Waals surface area contributed by atoms with Crippen molar-refractivity contribution in [1.29, 1.82) is 0 Å². The zero-order chi connectivity index (χ0) is 18.7. The lowest BCUT2D eigenvalue weighted by Gasteiger charge is -2.19. The zero-order valence-corrected chi connectivity index (χ0v) is 16.7. The molecule has 1 rings (SSSR count). The molecular weight excluding hydrogens is 339 g/mol. The van der Waals surface area contributed by atoms with Gasteiger partial charge in [0.25, 0.3) is 0 Å². The van der Waals surface area contributed by atoms with Crippen molar-refractivity contribution >= 4 is 12.9 Å². The topological polar surface area (TPSA) is 54.0 Å². The summed E-state index contributed by atoms with van der Waals surface area (Å²) in [5, 5.41) is 0.418. The maximum Gasteiger partial charge on any atom is 0.369 e. The van der Waals surface area contributed by atoms with Crippen LogP contribution in [-0.4, -0.2) is 32.7 Å². The van der Waals surface area contributed by atoms with Crippen LogP contribution in [0.5, 0.6) is 0 Å². The summed E-state index contributed by atoms with van der Waals surface area (Å²) in [5.41, 5.74) is 4.72. The summed E-state index contributed by atoms with van der Waals surface area (Å²) in [6.07, 6.45) is -0.312. The van der Waals surface area contributed by atoms with Crippen LogP contribution in [0.15, 0.2) is 41.6 Å². The number of ether oxygens (including phenoxy) is 2. The SMILES string of the molecule is CCOC(C)OCC(C)=C=C(c1ccccc1)P(=O)(OCC)OCC. The molecule has 0 bridgehead atoms. The fourth-order valence-corrected chi connectivity index (χ4v) is 3.97. The first-order valence-electron chi connectivity index (χ1n) is 8.61. The van der Waals surface area contributed by atoms with Gasteiger partial charge in [0.1, 0.15) is 5.31 Å². The van der Waals surface area contributed by atoms with Crippen molar-refractivity contribution in [2.75, 3.05) is 26.4 Å². The summed E-state index contributed by atoms with van der Waals surface area (Å²) in [6.45, 7) is 10.7. The van der Waals surface area contributed by atoms with E-state index in [9.17, 15) is 4.57 Å². The van der Waals surface area contributed by atoms with Crippen molar-refractivity contribution in [3.05, 3.63) is 47.2 Å². The van der Waals surface area contributed by atoms with Gasteiger partial charge in [0.15, 0.2) is 6.29 Å². The molecule has 140 valence electrons. The van der Waals surface area contributed by atoms with Crippen LogP contribution >= 0.6 is 7.60 Å². The van der Waals surface area contributed by atoms with E-state index >= 15 is 0 Å². The first-order chi connectivity index (χ1) is 12.0. The third kappa shape index (κ3) is 7.29. The number of hydrogen-bond acceptors (Lipinski definition) is 5. The Morgan fingerprint density at radius 1 is 1.04 bits per heavy atom. The van der Waals surface area contributed by atoms with E-state index in [0.29, 0.717) is 18.5 Å². The Kier molecular flexibility index (Phi) is 9.99. The molecule has 0 aliphatic carbocycles. The Hall–Kier alpha value is -1.19. The standard InChI is InChI=1S/C19H29O5P/c1-6-21-17(5)22-15-16(4)14-19(18-12-10-9-11-13-18)25(20,23-7-2)24-8-3/h9-13,17H,6-8,15H2,1-5H3. The predicted molar refractivity (Wildman–Crippen MR) is 100 cm³/mol.